The van der Waals surface area contributed by atoms with E-state index >= 15 is 0 Å². The van der Waals surface area contributed by atoms with Crippen LogP contribution >= 0.6 is 0 Å². The summed E-state index contributed by atoms with van der Waals surface area (Å²) in [6, 6.07) is 12.6. The van der Waals surface area contributed by atoms with Crippen molar-refractivity contribution in [3.8, 4) is 0 Å². The van der Waals surface area contributed by atoms with Gasteiger partial charge in [0.15, 0.2) is 0 Å². The van der Waals surface area contributed by atoms with E-state index in [-0.39, 0.29) is 0 Å². The number of fused-ring (bicyclic) bond motifs is 2. The van der Waals surface area contributed by atoms with Gasteiger partial charge in [0, 0.05) is 31.9 Å². The molecule has 2 unspecified atom stereocenters. The third-order valence-corrected chi connectivity index (χ3v) is 6.76. The third kappa shape index (κ3) is 3.35. The average Bonchev–Trinajstić information content (AvgIpc) is 2.63. The molecule has 1 aromatic carbocycles. The smallest absolute Gasteiger partial charge is 0.231 e. The van der Waals surface area contributed by atoms with Crippen molar-refractivity contribution in [2.75, 3.05) is 29.6 Å². The predicted octanol–water partition coefficient (Wildman–Crippen LogP) is 4.77. The first-order valence-electron chi connectivity index (χ1n) is 9.99. The molecule has 5 rings (SSSR count). The largest absolute Gasteiger partial charge is 0.367 e. The molecule has 2 aromatic rings. The molecule has 3 saturated carbocycles. The first-order valence-corrected chi connectivity index (χ1v) is 9.99. The molecule has 1 heterocycles. The van der Waals surface area contributed by atoms with Crippen LogP contribution in [-0.4, -0.2) is 30.1 Å². The molecule has 0 aliphatic heterocycles. The first kappa shape index (κ1) is 18.1. The van der Waals surface area contributed by atoms with Crippen LogP contribution in [0.3, 0.4) is 0 Å². The van der Waals surface area contributed by atoms with Gasteiger partial charge in [-0.1, -0.05) is 39.0 Å². The molecule has 0 saturated heterocycles. The van der Waals surface area contributed by atoms with Gasteiger partial charge in [0.05, 0.1) is 0 Å². The summed E-state index contributed by atoms with van der Waals surface area (Å²) < 4.78 is 0. The quantitative estimate of drug-likeness (QED) is 0.799. The Bertz CT molecular complexity index is 802. The number of para-hydroxylation sites is 1. The van der Waals surface area contributed by atoms with E-state index in [0.29, 0.717) is 23.3 Å². The van der Waals surface area contributed by atoms with Crippen LogP contribution in [0.1, 0.15) is 33.6 Å². The molecule has 3 aliphatic carbocycles. The molecule has 2 N–H and O–H groups in total. The van der Waals surface area contributed by atoms with Gasteiger partial charge in [-0.15, -0.1) is 0 Å². The van der Waals surface area contributed by atoms with Crippen molar-refractivity contribution >= 4 is 23.3 Å². The summed E-state index contributed by atoms with van der Waals surface area (Å²) in [6.45, 7) is 7.24. The van der Waals surface area contributed by atoms with Crippen molar-refractivity contribution in [1.29, 1.82) is 0 Å². The van der Waals surface area contributed by atoms with Crippen molar-refractivity contribution in [3.63, 3.8) is 0 Å². The Morgan fingerprint density at radius 3 is 2.48 bits per heavy atom. The molecule has 5 nitrogen and oxygen atoms in total. The summed E-state index contributed by atoms with van der Waals surface area (Å²) in [6.07, 6.45) is 2.65. The van der Waals surface area contributed by atoms with E-state index in [2.05, 4.69) is 42.5 Å². The average molecular weight is 366 g/mol. The number of nitrogens with one attached hydrogen (secondary N) is 2. The molecule has 2 bridgehead atoms. The Labute approximate surface area is 162 Å². The molecule has 144 valence electrons. The Kier molecular flexibility index (Phi) is 4.49. The van der Waals surface area contributed by atoms with Crippen LogP contribution in [0, 0.1) is 23.2 Å². The minimum Gasteiger partial charge on any atom is -0.367 e. The highest BCUT2D eigenvalue weighted by Gasteiger charge is 2.56. The molecule has 0 spiro atoms. The maximum absolute atomic E-state index is 4.78. The Morgan fingerprint density at radius 1 is 1.07 bits per heavy atom. The highest BCUT2D eigenvalue weighted by Crippen LogP contribution is 2.61. The Balaban J connectivity index is 1.60. The second-order valence-corrected chi connectivity index (χ2v) is 9.06. The van der Waals surface area contributed by atoms with E-state index in [9.17, 15) is 0 Å². The van der Waals surface area contributed by atoms with Crippen molar-refractivity contribution in [1.82, 2.24) is 9.97 Å². The zero-order chi connectivity index (χ0) is 19.2. The third-order valence-electron chi connectivity index (χ3n) is 6.76. The molecule has 27 heavy (non-hydrogen) atoms. The topological polar surface area (TPSA) is 53.1 Å². The van der Waals surface area contributed by atoms with Crippen molar-refractivity contribution in [2.24, 2.45) is 23.2 Å². The molecule has 0 amide bonds. The van der Waals surface area contributed by atoms with E-state index < -0.39 is 0 Å². The molecule has 4 atom stereocenters. The number of aromatic nitrogens is 2. The fraction of sp³-hybridized carbons (Fsp3) is 0.545. The first-order chi connectivity index (χ1) is 12.8. The molecular weight excluding hydrogens is 334 g/mol. The minimum absolute atomic E-state index is 0.437. The van der Waals surface area contributed by atoms with Crippen LogP contribution in [0.25, 0.3) is 0 Å². The van der Waals surface area contributed by atoms with E-state index in [0.717, 1.165) is 29.2 Å². The van der Waals surface area contributed by atoms with Gasteiger partial charge in [0.25, 0.3) is 0 Å². The van der Waals surface area contributed by atoms with Gasteiger partial charge in [-0.3, -0.25) is 0 Å². The van der Waals surface area contributed by atoms with Crippen molar-refractivity contribution in [2.45, 2.75) is 39.7 Å². The van der Waals surface area contributed by atoms with Gasteiger partial charge in [-0.25, -0.2) is 0 Å². The lowest BCUT2D eigenvalue weighted by atomic mass is 9.45. The molecule has 5 heteroatoms. The summed E-state index contributed by atoms with van der Waals surface area (Å²) in [7, 11) is 4.03. The van der Waals surface area contributed by atoms with Crippen LogP contribution in [0.5, 0.6) is 0 Å². The van der Waals surface area contributed by atoms with E-state index in [1.54, 1.807) is 0 Å². The Hall–Kier alpha value is -2.30. The van der Waals surface area contributed by atoms with Crippen molar-refractivity contribution in [3.05, 3.63) is 36.4 Å². The fourth-order valence-corrected chi connectivity index (χ4v) is 4.92. The number of benzene rings is 1. The van der Waals surface area contributed by atoms with Gasteiger partial charge in [0.1, 0.15) is 11.6 Å². The molecule has 3 fully saturated rings. The summed E-state index contributed by atoms with van der Waals surface area (Å²) in [5.74, 6) is 4.71. The summed E-state index contributed by atoms with van der Waals surface area (Å²) >= 11 is 0. The van der Waals surface area contributed by atoms with Crippen LogP contribution in [0.2, 0.25) is 0 Å². The number of nitrogens with zero attached hydrogens (tertiary/aromatic N) is 3. The van der Waals surface area contributed by atoms with Gasteiger partial charge in [0.2, 0.25) is 5.95 Å². The number of hydrogen-bond acceptors (Lipinski definition) is 5. The van der Waals surface area contributed by atoms with Crippen LogP contribution < -0.4 is 15.5 Å². The predicted molar refractivity (Wildman–Crippen MR) is 113 cm³/mol. The maximum atomic E-state index is 4.78. The zero-order valence-electron chi connectivity index (χ0n) is 17.0. The Morgan fingerprint density at radius 2 is 1.81 bits per heavy atom. The normalized spacial score (nSPS) is 28.2. The van der Waals surface area contributed by atoms with Gasteiger partial charge in [-0.05, 0) is 48.1 Å². The number of anilines is 4. The second-order valence-electron chi connectivity index (χ2n) is 9.06. The van der Waals surface area contributed by atoms with Gasteiger partial charge in [-0.2, -0.15) is 9.97 Å². The molecule has 3 aliphatic rings. The van der Waals surface area contributed by atoms with E-state index in [1.165, 1.54) is 12.8 Å². The summed E-state index contributed by atoms with van der Waals surface area (Å²) in [5, 5.41) is 7.11. The second kappa shape index (κ2) is 6.70. The van der Waals surface area contributed by atoms with Gasteiger partial charge < -0.3 is 15.5 Å². The lowest BCUT2D eigenvalue weighted by molar-refractivity contribution is -0.0951. The number of rotatable bonds is 5. The number of hydrogen-bond donors (Lipinski definition) is 2. The molecule has 0 radical (unpaired) electrons. The maximum Gasteiger partial charge on any atom is 0.231 e. The highest BCUT2D eigenvalue weighted by molar-refractivity contribution is 5.59. The minimum atomic E-state index is 0.437. The fourth-order valence-electron chi connectivity index (χ4n) is 4.92. The van der Waals surface area contributed by atoms with Crippen LogP contribution in [0.4, 0.5) is 23.3 Å². The standard InChI is InChI=1S/C22H31N5/c1-14-11-15-12-17(22(15,2)3)20(14)24-18-13-19(27(4)5)26-21(25-18)23-16-9-7-6-8-10-16/h6-10,13-15,17,20H,11-12H2,1-5H3,(H2,23,24,25,26)/t14-,15?,17?,20+/m0/s1. The van der Waals surface area contributed by atoms with E-state index in [4.69, 9.17) is 4.98 Å². The summed E-state index contributed by atoms with van der Waals surface area (Å²) in [4.78, 5) is 11.5. The van der Waals surface area contributed by atoms with Crippen LogP contribution in [0.15, 0.2) is 36.4 Å². The highest BCUT2D eigenvalue weighted by atomic mass is 15.2. The molecular formula is C22H31N5. The van der Waals surface area contributed by atoms with Crippen molar-refractivity contribution < 1.29 is 0 Å². The molecule has 1 aromatic heterocycles. The monoisotopic (exact) mass is 365 g/mol. The van der Waals surface area contributed by atoms with E-state index in [1.807, 2.05) is 49.3 Å². The summed E-state index contributed by atoms with van der Waals surface area (Å²) in [5.41, 5.74) is 1.43. The zero-order valence-corrected chi connectivity index (χ0v) is 17.0. The van der Waals surface area contributed by atoms with Crippen LogP contribution in [-0.2, 0) is 0 Å². The SMILES string of the molecule is C[C@H]1CC2CC([C@@H]1Nc1cc(N(C)C)nc(Nc3ccccc3)n1)C2(C)C. The van der Waals surface area contributed by atoms with Gasteiger partial charge >= 0.3 is 0 Å². The lowest BCUT2D eigenvalue weighted by Crippen LogP contribution is -2.60. The lowest BCUT2D eigenvalue weighted by Gasteiger charge is -2.62.